The van der Waals surface area contributed by atoms with Gasteiger partial charge in [0.15, 0.2) is 5.78 Å². The van der Waals surface area contributed by atoms with Gasteiger partial charge in [0.2, 0.25) is 5.79 Å². The van der Waals surface area contributed by atoms with Crippen LogP contribution in [0.25, 0.3) is 0 Å². The molecule has 412 valence electrons. The van der Waals surface area contributed by atoms with Crippen molar-refractivity contribution >= 4 is 35.2 Å². The number of nitrogens with zero attached hydrogens (tertiary/aromatic N) is 1. The molecule has 0 radical (unpaired) electrons. The van der Waals surface area contributed by atoms with E-state index in [1.54, 1.807) is 40.9 Å². The molecule has 2 bridgehead atoms. The van der Waals surface area contributed by atoms with Gasteiger partial charge in [-0.2, -0.15) is 0 Å². The summed E-state index contributed by atoms with van der Waals surface area (Å²) in [4.78, 5) is 85.4. The maximum atomic E-state index is 14.5. The van der Waals surface area contributed by atoms with Gasteiger partial charge in [0, 0.05) is 58.5 Å². The van der Waals surface area contributed by atoms with E-state index in [0.29, 0.717) is 69.8 Å². The first-order valence-electron chi connectivity index (χ1n) is 26.4. The number of cyclic esters (lactones) is 1. The van der Waals surface area contributed by atoms with Gasteiger partial charge in [0.1, 0.15) is 41.7 Å². The molecule has 4 rings (SSSR count). The predicted molar refractivity (Wildman–Crippen MR) is 271 cm³/mol. The summed E-state index contributed by atoms with van der Waals surface area (Å²) in [6.45, 7) is 12.7. The Bertz CT molecular complexity index is 2010. The fourth-order valence-corrected chi connectivity index (χ4v) is 10.7. The standard InChI is InChI=1S/C56H87NO16/c1-33-17-13-12-14-18-34(2)45(68-9)29-41-22-20-39(7)56(67,73-41)51(63)52(64)57-24-16-15-19-42(57)53(65)71-46(30-43(60)35(3)26-38(6)49(62)50(70-11)48(61)37(5)25-33)36(4)27-40-21-23-44(47(28-40)69-10)72-54(66)55(8,31-58)32-59/h12-14,17-18,26,33,35-37,39-42,44-47,49-50,58-59,62,67H,15-16,19-25,27-32H2,1-11H3/b14-12?,17-13+,34-18?,38-26+/t33-,35+,36-,37-,39+,40+,41-,42+,44-,45-,46+,47+,49+,50+,56+/m0/s1. The summed E-state index contributed by atoms with van der Waals surface area (Å²) in [6.07, 6.45) is 9.76. The number of amides is 1. The molecule has 2 saturated heterocycles. The molecule has 73 heavy (non-hydrogen) atoms. The second kappa shape index (κ2) is 28.3. The molecule has 1 saturated carbocycles. The van der Waals surface area contributed by atoms with Crippen molar-refractivity contribution in [1.82, 2.24) is 4.90 Å². The number of Topliss-reactive ketones (excluding diaryl/α,β-unsaturated/α-hetero) is 3. The number of ketones is 3. The normalized spacial score (nSPS) is 36.3. The average Bonchev–Trinajstić information content (AvgIpc) is 3.37. The van der Waals surface area contributed by atoms with Crippen molar-refractivity contribution in [3.05, 3.63) is 47.6 Å². The third-order valence-corrected chi connectivity index (χ3v) is 15.9. The first-order valence-corrected chi connectivity index (χ1v) is 26.4. The van der Waals surface area contributed by atoms with Crippen LogP contribution in [-0.4, -0.2) is 156 Å². The van der Waals surface area contributed by atoms with Crippen molar-refractivity contribution in [3.8, 4) is 0 Å². The van der Waals surface area contributed by atoms with E-state index in [2.05, 4.69) is 0 Å². The molecule has 1 amide bonds. The lowest BCUT2D eigenvalue weighted by molar-refractivity contribution is -0.265. The van der Waals surface area contributed by atoms with Crippen LogP contribution in [0.1, 0.15) is 132 Å². The monoisotopic (exact) mass is 1030 g/mol. The van der Waals surface area contributed by atoms with Gasteiger partial charge in [0.05, 0.1) is 31.5 Å². The van der Waals surface area contributed by atoms with E-state index in [1.165, 1.54) is 21.1 Å². The quantitative estimate of drug-likeness (QED) is 0.116. The van der Waals surface area contributed by atoms with Gasteiger partial charge in [-0.15, -0.1) is 0 Å². The van der Waals surface area contributed by atoms with Crippen molar-refractivity contribution in [2.24, 2.45) is 40.9 Å². The number of esters is 2. The summed E-state index contributed by atoms with van der Waals surface area (Å²) < 4.78 is 35.4. The van der Waals surface area contributed by atoms with Crippen LogP contribution in [0, 0.1) is 40.9 Å². The zero-order chi connectivity index (χ0) is 54.4. The molecule has 3 fully saturated rings. The molecule has 1 aliphatic carbocycles. The Morgan fingerprint density at radius 2 is 1.56 bits per heavy atom. The van der Waals surface area contributed by atoms with E-state index < -0.39 is 120 Å². The number of carbonyl (C=O) groups excluding carboxylic acids is 6. The SMILES string of the molecule is CO[C@H]1C[C@@H]2CC[C@@H](C)[C@@](O)(O2)C(=O)C(=O)N2CCCC[C@@H]2C(=O)O[C@@H]([C@@H](C)C[C@H]2CC[C@H](OC(=O)C(C)(CO)CO)[C@H](OC)C2)CC(=O)[C@H](C)/C=C(\C)[C@@H](O)[C@H](OC)C(=O)[C@@H](C)C[C@@H](C)/C=C/C=CC=C1C. The average molecular weight is 1030 g/mol. The Morgan fingerprint density at radius 1 is 0.863 bits per heavy atom. The zero-order valence-corrected chi connectivity index (χ0v) is 45.3. The number of aliphatic hydroxyl groups excluding tert-OH is 3. The van der Waals surface area contributed by atoms with Crippen molar-refractivity contribution in [2.45, 2.75) is 187 Å². The molecule has 15 atom stereocenters. The number of methoxy groups -OCH3 is 3. The first-order chi connectivity index (χ1) is 34.5. The number of hydrogen-bond acceptors (Lipinski definition) is 16. The van der Waals surface area contributed by atoms with Gasteiger partial charge in [-0.3, -0.25) is 24.0 Å². The minimum Gasteiger partial charge on any atom is -0.460 e. The molecule has 3 aliphatic heterocycles. The maximum Gasteiger partial charge on any atom is 0.329 e. The van der Waals surface area contributed by atoms with Crippen LogP contribution in [0.15, 0.2) is 47.6 Å². The highest BCUT2D eigenvalue weighted by Gasteiger charge is 2.53. The minimum atomic E-state index is -2.47. The Hall–Kier alpha value is -3.94. The molecule has 4 N–H and O–H groups in total. The van der Waals surface area contributed by atoms with Crippen molar-refractivity contribution < 1.29 is 77.6 Å². The number of carbonyl (C=O) groups is 6. The highest BCUT2D eigenvalue weighted by Crippen LogP contribution is 2.38. The van der Waals surface area contributed by atoms with Crippen LogP contribution in [-0.2, 0) is 57.2 Å². The summed E-state index contributed by atoms with van der Waals surface area (Å²) >= 11 is 0. The summed E-state index contributed by atoms with van der Waals surface area (Å²) in [5.41, 5.74) is -0.277. The number of rotatable bonds is 10. The predicted octanol–water partition coefficient (Wildman–Crippen LogP) is 5.72. The molecular formula is C56H87NO16. The number of fused-ring (bicyclic) bond motifs is 3. The molecule has 0 spiro atoms. The zero-order valence-electron chi connectivity index (χ0n) is 45.3. The molecule has 0 aromatic carbocycles. The van der Waals surface area contributed by atoms with Crippen LogP contribution in [0.5, 0.6) is 0 Å². The fourth-order valence-electron chi connectivity index (χ4n) is 10.7. The molecular weight excluding hydrogens is 943 g/mol. The van der Waals surface area contributed by atoms with Gasteiger partial charge in [-0.05, 0) is 114 Å². The Balaban J connectivity index is 1.69. The molecule has 3 heterocycles. The summed E-state index contributed by atoms with van der Waals surface area (Å²) in [5, 5.41) is 43.1. The Kier molecular flexibility index (Phi) is 23.9. The Morgan fingerprint density at radius 3 is 2.21 bits per heavy atom. The van der Waals surface area contributed by atoms with Gasteiger partial charge in [-0.1, -0.05) is 71.1 Å². The lowest BCUT2D eigenvalue weighted by Crippen LogP contribution is -2.61. The largest absolute Gasteiger partial charge is 0.460 e. The van der Waals surface area contributed by atoms with Gasteiger partial charge < -0.3 is 53.7 Å². The highest BCUT2D eigenvalue weighted by atomic mass is 16.6. The molecule has 0 aromatic rings. The number of aliphatic hydroxyl groups is 4. The van der Waals surface area contributed by atoms with Crippen LogP contribution in [0.2, 0.25) is 0 Å². The van der Waals surface area contributed by atoms with E-state index in [0.717, 1.165) is 10.5 Å². The first kappa shape index (κ1) is 61.6. The van der Waals surface area contributed by atoms with Gasteiger partial charge in [0.25, 0.3) is 11.7 Å². The van der Waals surface area contributed by atoms with E-state index in [-0.39, 0.29) is 42.8 Å². The molecule has 4 aliphatic rings. The lowest BCUT2D eigenvalue weighted by atomic mass is 9.78. The van der Waals surface area contributed by atoms with Crippen molar-refractivity contribution in [2.75, 3.05) is 41.1 Å². The minimum absolute atomic E-state index is 0.00697. The molecule has 17 nitrogen and oxygen atoms in total. The summed E-state index contributed by atoms with van der Waals surface area (Å²) in [7, 11) is 4.43. The number of piperidine rings is 1. The van der Waals surface area contributed by atoms with Crippen LogP contribution in [0.4, 0.5) is 0 Å². The molecule has 0 aromatic heterocycles. The van der Waals surface area contributed by atoms with Crippen LogP contribution < -0.4 is 0 Å². The van der Waals surface area contributed by atoms with Gasteiger partial charge in [-0.25, -0.2) is 4.79 Å². The number of allylic oxidation sites excluding steroid dienone is 6. The van der Waals surface area contributed by atoms with E-state index in [1.807, 2.05) is 51.2 Å². The van der Waals surface area contributed by atoms with Crippen molar-refractivity contribution in [1.29, 1.82) is 0 Å². The third kappa shape index (κ3) is 16.0. The van der Waals surface area contributed by atoms with Crippen LogP contribution >= 0.6 is 0 Å². The maximum absolute atomic E-state index is 14.5. The van der Waals surface area contributed by atoms with E-state index >= 15 is 0 Å². The summed E-state index contributed by atoms with van der Waals surface area (Å²) in [6, 6.07) is -1.20. The second-order valence-corrected chi connectivity index (χ2v) is 21.8. The summed E-state index contributed by atoms with van der Waals surface area (Å²) in [5.74, 6) is -9.36. The van der Waals surface area contributed by atoms with E-state index in [4.69, 9.17) is 28.4 Å². The Labute approximate surface area is 433 Å². The lowest BCUT2D eigenvalue weighted by Gasteiger charge is -2.42. The number of ether oxygens (including phenoxy) is 6. The second-order valence-electron chi connectivity index (χ2n) is 21.8. The fraction of sp³-hybridized carbons (Fsp3) is 0.750. The molecule has 17 heteroatoms. The smallest absolute Gasteiger partial charge is 0.329 e. The van der Waals surface area contributed by atoms with Crippen LogP contribution in [0.3, 0.4) is 0 Å². The number of hydrogen-bond donors (Lipinski definition) is 4. The topological polar surface area (TPSA) is 242 Å². The third-order valence-electron chi connectivity index (χ3n) is 15.9. The highest BCUT2D eigenvalue weighted by molar-refractivity contribution is 6.39. The van der Waals surface area contributed by atoms with Gasteiger partial charge >= 0.3 is 11.9 Å². The van der Waals surface area contributed by atoms with E-state index in [9.17, 15) is 49.2 Å². The van der Waals surface area contributed by atoms with Crippen molar-refractivity contribution in [3.63, 3.8) is 0 Å². The molecule has 0 unspecified atom stereocenters.